The number of hydrogen-bond acceptors (Lipinski definition) is 3. The van der Waals surface area contributed by atoms with Gasteiger partial charge < -0.3 is 0 Å². The van der Waals surface area contributed by atoms with E-state index in [1.165, 1.54) is 0 Å². The fourth-order valence-electron chi connectivity index (χ4n) is 1.24. The number of rotatable bonds is 1. The highest BCUT2D eigenvalue weighted by molar-refractivity contribution is 6.30. The van der Waals surface area contributed by atoms with Crippen LogP contribution in [0.2, 0.25) is 5.15 Å². The molecule has 0 aromatic carbocycles. The summed E-state index contributed by atoms with van der Waals surface area (Å²) in [5.74, 6) is 1.35. The van der Waals surface area contributed by atoms with E-state index in [2.05, 4.69) is 15.1 Å². The Bertz CT molecular complexity index is 489. The van der Waals surface area contributed by atoms with Gasteiger partial charge in [-0.2, -0.15) is 9.50 Å². The summed E-state index contributed by atoms with van der Waals surface area (Å²) in [6, 6.07) is 0. The minimum Gasteiger partial charge on any atom is -0.216 e. The van der Waals surface area contributed by atoms with Gasteiger partial charge in [-0.25, -0.2) is 4.98 Å². The van der Waals surface area contributed by atoms with Crippen LogP contribution >= 0.6 is 11.6 Å². The molecule has 0 aliphatic heterocycles. The van der Waals surface area contributed by atoms with E-state index in [4.69, 9.17) is 11.6 Å². The lowest BCUT2D eigenvalue weighted by molar-refractivity contribution is 0.869. The third-order valence-electron chi connectivity index (χ3n) is 2.26. The molecule has 0 fully saturated rings. The molecule has 0 atom stereocenters. The zero-order valence-electron chi connectivity index (χ0n) is 8.37. The molecule has 0 aliphatic rings. The number of halogens is 1. The van der Waals surface area contributed by atoms with Crippen LogP contribution in [-0.4, -0.2) is 19.6 Å². The van der Waals surface area contributed by atoms with Crippen molar-refractivity contribution in [3.8, 4) is 0 Å². The van der Waals surface area contributed by atoms with Crippen LogP contribution < -0.4 is 0 Å². The molecule has 2 aromatic heterocycles. The summed E-state index contributed by atoms with van der Waals surface area (Å²) in [5.41, 5.74) is 1.85. The molecular weight excluding hydrogens is 200 g/mol. The highest BCUT2D eigenvalue weighted by Crippen LogP contribution is 2.17. The zero-order chi connectivity index (χ0) is 10.3. The van der Waals surface area contributed by atoms with Crippen molar-refractivity contribution in [3.05, 3.63) is 22.2 Å². The molecule has 0 saturated carbocycles. The summed E-state index contributed by atoms with van der Waals surface area (Å²) in [6.07, 6.45) is 0.789. The van der Waals surface area contributed by atoms with Crippen molar-refractivity contribution in [1.82, 2.24) is 19.6 Å². The van der Waals surface area contributed by atoms with Gasteiger partial charge in [0.05, 0.1) is 0 Å². The third kappa shape index (κ3) is 1.26. The highest BCUT2D eigenvalue weighted by atomic mass is 35.5. The van der Waals surface area contributed by atoms with E-state index in [-0.39, 0.29) is 0 Å². The number of aromatic nitrogens is 4. The van der Waals surface area contributed by atoms with Gasteiger partial charge in [0, 0.05) is 17.7 Å². The Hall–Kier alpha value is -1.16. The lowest BCUT2D eigenvalue weighted by Crippen LogP contribution is -1.99. The zero-order valence-corrected chi connectivity index (χ0v) is 9.13. The van der Waals surface area contributed by atoms with Crippen molar-refractivity contribution in [2.24, 2.45) is 0 Å². The maximum absolute atomic E-state index is 6.12. The van der Waals surface area contributed by atoms with E-state index in [1.54, 1.807) is 4.52 Å². The van der Waals surface area contributed by atoms with Crippen molar-refractivity contribution in [1.29, 1.82) is 0 Å². The quantitative estimate of drug-likeness (QED) is 0.676. The summed E-state index contributed by atoms with van der Waals surface area (Å²) in [7, 11) is 0. The predicted molar refractivity (Wildman–Crippen MR) is 54.6 cm³/mol. The number of aryl methyl sites for hydroxylation is 2. The Balaban J connectivity index is 2.81. The largest absolute Gasteiger partial charge is 0.254 e. The van der Waals surface area contributed by atoms with Gasteiger partial charge in [0.2, 0.25) is 0 Å². The smallest absolute Gasteiger partial charge is 0.216 e. The van der Waals surface area contributed by atoms with Gasteiger partial charge in [0.15, 0.2) is 5.82 Å². The predicted octanol–water partition coefficient (Wildman–Crippen LogP) is 1.96. The van der Waals surface area contributed by atoms with Gasteiger partial charge in [0.1, 0.15) is 5.15 Å². The maximum atomic E-state index is 6.12. The van der Waals surface area contributed by atoms with Crippen molar-refractivity contribution in [2.75, 3.05) is 0 Å². The Morgan fingerprint density at radius 2 is 2.00 bits per heavy atom. The molecule has 4 nitrogen and oxygen atoms in total. The number of nitrogens with zero attached hydrogens (tertiary/aromatic N) is 4. The highest BCUT2D eigenvalue weighted by Gasteiger charge is 2.10. The van der Waals surface area contributed by atoms with Crippen LogP contribution in [0.5, 0.6) is 0 Å². The van der Waals surface area contributed by atoms with Gasteiger partial charge in [-0.1, -0.05) is 18.5 Å². The van der Waals surface area contributed by atoms with Crippen molar-refractivity contribution in [3.63, 3.8) is 0 Å². The Kier molecular flexibility index (Phi) is 2.15. The molecule has 0 unspecified atom stereocenters. The average Bonchev–Trinajstić information content (AvgIpc) is 2.57. The van der Waals surface area contributed by atoms with Crippen LogP contribution in [-0.2, 0) is 6.42 Å². The van der Waals surface area contributed by atoms with Crippen molar-refractivity contribution < 1.29 is 0 Å². The molecular formula is C9H11ClN4. The molecule has 0 N–H and O–H groups in total. The second kappa shape index (κ2) is 3.20. The van der Waals surface area contributed by atoms with Gasteiger partial charge in [-0.3, -0.25) is 0 Å². The molecule has 0 bridgehead atoms. The molecule has 14 heavy (non-hydrogen) atoms. The Morgan fingerprint density at radius 3 is 2.64 bits per heavy atom. The summed E-state index contributed by atoms with van der Waals surface area (Å²) in [4.78, 5) is 8.56. The van der Waals surface area contributed by atoms with E-state index in [1.807, 2.05) is 20.8 Å². The molecule has 0 spiro atoms. The van der Waals surface area contributed by atoms with Crippen LogP contribution in [0.25, 0.3) is 5.78 Å². The summed E-state index contributed by atoms with van der Waals surface area (Å²) in [6.45, 7) is 5.85. The third-order valence-corrected chi connectivity index (χ3v) is 2.70. The SMILES string of the molecule is CCc1nc2nc(C)c(C)c(Cl)n2n1. The van der Waals surface area contributed by atoms with Crippen molar-refractivity contribution >= 4 is 17.4 Å². The molecule has 2 rings (SSSR count). The van der Waals surface area contributed by atoms with Crippen LogP contribution in [0.1, 0.15) is 24.0 Å². The second-order valence-electron chi connectivity index (χ2n) is 3.21. The first-order chi connectivity index (χ1) is 6.63. The van der Waals surface area contributed by atoms with Gasteiger partial charge in [0.25, 0.3) is 5.78 Å². The van der Waals surface area contributed by atoms with Gasteiger partial charge >= 0.3 is 0 Å². The topological polar surface area (TPSA) is 43.1 Å². The number of hydrogen-bond donors (Lipinski definition) is 0. The normalized spacial score (nSPS) is 11.1. The first-order valence-corrected chi connectivity index (χ1v) is 4.89. The monoisotopic (exact) mass is 210 g/mol. The average molecular weight is 211 g/mol. The molecule has 2 heterocycles. The second-order valence-corrected chi connectivity index (χ2v) is 3.56. The van der Waals surface area contributed by atoms with E-state index in [9.17, 15) is 0 Å². The molecule has 5 heteroatoms. The fourth-order valence-corrected chi connectivity index (χ4v) is 1.49. The van der Waals surface area contributed by atoms with Crippen LogP contribution in [0.3, 0.4) is 0 Å². The number of fused-ring (bicyclic) bond motifs is 1. The summed E-state index contributed by atoms with van der Waals surface area (Å²) < 4.78 is 1.59. The molecule has 0 amide bonds. The van der Waals surface area contributed by atoms with Crippen LogP contribution in [0.4, 0.5) is 0 Å². The van der Waals surface area contributed by atoms with E-state index < -0.39 is 0 Å². The van der Waals surface area contributed by atoms with Gasteiger partial charge in [-0.05, 0) is 13.8 Å². The lowest BCUT2D eigenvalue weighted by atomic mass is 10.3. The molecule has 0 saturated heterocycles. The van der Waals surface area contributed by atoms with E-state index >= 15 is 0 Å². The molecule has 0 radical (unpaired) electrons. The lowest BCUT2D eigenvalue weighted by Gasteiger charge is -2.02. The maximum Gasteiger partial charge on any atom is 0.254 e. The van der Waals surface area contributed by atoms with Crippen LogP contribution in [0.15, 0.2) is 0 Å². The van der Waals surface area contributed by atoms with Crippen LogP contribution in [0, 0.1) is 13.8 Å². The van der Waals surface area contributed by atoms with E-state index in [0.717, 1.165) is 23.5 Å². The molecule has 74 valence electrons. The molecule has 0 aliphatic carbocycles. The molecule has 2 aromatic rings. The first kappa shape index (κ1) is 9.40. The van der Waals surface area contributed by atoms with Crippen molar-refractivity contribution in [2.45, 2.75) is 27.2 Å². The summed E-state index contributed by atoms with van der Waals surface area (Å²) >= 11 is 6.12. The minimum atomic E-state index is 0.579. The minimum absolute atomic E-state index is 0.579. The van der Waals surface area contributed by atoms with Gasteiger partial charge in [-0.15, -0.1) is 5.10 Å². The Labute approximate surface area is 86.9 Å². The standard InChI is InChI=1S/C9H11ClN4/c1-4-7-12-9-11-6(3)5(2)8(10)14(9)13-7/h4H2,1-3H3. The summed E-state index contributed by atoms with van der Waals surface area (Å²) in [5, 5.41) is 4.84. The first-order valence-electron chi connectivity index (χ1n) is 4.51. The van der Waals surface area contributed by atoms with E-state index in [0.29, 0.717) is 10.9 Å². The fraction of sp³-hybridized carbons (Fsp3) is 0.444. The Morgan fingerprint density at radius 1 is 1.29 bits per heavy atom.